The Morgan fingerprint density at radius 1 is 0.926 bits per heavy atom. The standard InChI is InChI=1S/C20H22N2O5/c1-14(23)15-4-10-18(11-5-15)26-13-20(25)27-12-19(24)21-16-6-8-17(9-7-16)22(2)3/h4-11H,12-13H2,1-3H3,(H,21,24). The van der Waals surface area contributed by atoms with E-state index >= 15 is 0 Å². The van der Waals surface area contributed by atoms with Crippen LogP contribution in [0.1, 0.15) is 17.3 Å². The Morgan fingerprint density at radius 2 is 1.56 bits per heavy atom. The molecule has 0 saturated carbocycles. The monoisotopic (exact) mass is 370 g/mol. The van der Waals surface area contributed by atoms with Gasteiger partial charge in [0.05, 0.1) is 0 Å². The number of rotatable bonds is 8. The SMILES string of the molecule is CC(=O)c1ccc(OCC(=O)OCC(=O)Nc2ccc(N(C)C)cc2)cc1. The molecule has 7 nitrogen and oxygen atoms in total. The second-order valence-corrected chi connectivity index (χ2v) is 6.02. The van der Waals surface area contributed by atoms with E-state index in [2.05, 4.69) is 5.32 Å². The van der Waals surface area contributed by atoms with Gasteiger partial charge in [0.15, 0.2) is 19.0 Å². The fourth-order valence-corrected chi connectivity index (χ4v) is 2.16. The molecule has 0 aliphatic rings. The van der Waals surface area contributed by atoms with E-state index in [4.69, 9.17) is 9.47 Å². The molecule has 0 fully saturated rings. The highest BCUT2D eigenvalue weighted by Gasteiger charge is 2.09. The lowest BCUT2D eigenvalue weighted by atomic mass is 10.1. The molecular formula is C20H22N2O5. The van der Waals surface area contributed by atoms with Gasteiger partial charge in [-0.2, -0.15) is 0 Å². The molecule has 0 atom stereocenters. The Morgan fingerprint density at radius 3 is 2.11 bits per heavy atom. The number of anilines is 2. The van der Waals surface area contributed by atoms with Crippen LogP contribution in [0.5, 0.6) is 5.75 Å². The van der Waals surface area contributed by atoms with Crippen molar-refractivity contribution in [3.05, 3.63) is 54.1 Å². The number of carbonyl (C=O) groups is 3. The Hall–Kier alpha value is -3.35. The number of nitrogens with zero attached hydrogens (tertiary/aromatic N) is 1. The second kappa shape index (κ2) is 9.38. The number of esters is 1. The molecule has 0 aliphatic heterocycles. The summed E-state index contributed by atoms with van der Waals surface area (Å²) in [5, 5.41) is 2.65. The molecule has 142 valence electrons. The summed E-state index contributed by atoms with van der Waals surface area (Å²) in [6, 6.07) is 13.7. The van der Waals surface area contributed by atoms with Gasteiger partial charge in [-0.25, -0.2) is 4.79 Å². The topological polar surface area (TPSA) is 84.9 Å². The smallest absolute Gasteiger partial charge is 0.344 e. The molecule has 2 aromatic rings. The Bertz CT molecular complexity index is 798. The van der Waals surface area contributed by atoms with Crippen molar-refractivity contribution in [3.63, 3.8) is 0 Å². The van der Waals surface area contributed by atoms with Crippen molar-refractivity contribution in [2.24, 2.45) is 0 Å². The van der Waals surface area contributed by atoms with Crippen molar-refractivity contribution in [2.75, 3.05) is 37.5 Å². The fourth-order valence-electron chi connectivity index (χ4n) is 2.16. The average Bonchev–Trinajstić information content (AvgIpc) is 2.65. The highest BCUT2D eigenvalue weighted by Crippen LogP contribution is 2.15. The van der Waals surface area contributed by atoms with Crippen LogP contribution in [0, 0.1) is 0 Å². The fraction of sp³-hybridized carbons (Fsp3) is 0.250. The largest absolute Gasteiger partial charge is 0.482 e. The van der Waals surface area contributed by atoms with E-state index in [-0.39, 0.29) is 12.4 Å². The third-order valence-corrected chi connectivity index (χ3v) is 3.65. The molecule has 0 saturated heterocycles. The number of amides is 1. The van der Waals surface area contributed by atoms with Crippen molar-refractivity contribution in [3.8, 4) is 5.75 Å². The van der Waals surface area contributed by atoms with E-state index in [0.29, 0.717) is 17.0 Å². The minimum Gasteiger partial charge on any atom is -0.482 e. The molecule has 27 heavy (non-hydrogen) atoms. The average molecular weight is 370 g/mol. The first-order chi connectivity index (χ1) is 12.8. The zero-order chi connectivity index (χ0) is 19.8. The molecule has 0 bridgehead atoms. The number of ether oxygens (including phenoxy) is 2. The van der Waals surface area contributed by atoms with Gasteiger partial charge in [0.1, 0.15) is 5.75 Å². The molecule has 0 spiro atoms. The first-order valence-corrected chi connectivity index (χ1v) is 8.32. The molecule has 0 heterocycles. The predicted molar refractivity (Wildman–Crippen MR) is 102 cm³/mol. The number of carbonyl (C=O) groups excluding carboxylic acids is 3. The molecule has 0 aromatic heterocycles. The van der Waals surface area contributed by atoms with E-state index in [9.17, 15) is 14.4 Å². The van der Waals surface area contributed by atoms with E-state index < -0.39 is 18.5 Å². The van der Waals surface area contributed by atoms with Gasteiger partial charge in [0, 0.05) is 31.0 Å². The summed E-state index contributed by atoms with van der Waals surface area (Å²) in [7, 11) is 3.85. The molecule has 0 unspecified atom stereocenters. The molecule has 1 N–H and O–H groups in total. The van der Waals surface area contributed by atoms with Crippen LogP contribution in [0.15, 0.2) is 48.5 Å². The summed E-state index contributed by atoms with van der Waals surface area (Å²) in [5.41, 5.74) is 2.18. The zero-order valence-corrected chi connectivity index (χ0v) is 15.5. The number of hydrogen-bond acceptors (Lipinski definition) is 6. The summed E-state index contributed by atoms with van der Waals surface area (Å²) >= 11 is 0. The quantitative estimate of drug-likeness (QED) is 0.568. The Kier molecular flexibility index (Phi) is 6.93. The van der Waals surface area contributed by atoms with Gasteiger partial charge in [-0.1, -0.05) is 0 Å². The normalized spacial score (nSPS) is 10.0. The van der Waals surface area contributed by atoms with Crippen molar-refractivity contribution < 1.29 is 23.9 Å². The molecular weight excluding hydrogens is 348 g/mol. The number of benzene rings is 2. The highest BCUT2D eigenvalue weighted by atomic mass is 16.6. The third-order valence-electron chi connectivity index (χ3n) is 3.65. The van der Waals surface area contributed by atoms with Crippen LogP contribution in [0.2, 0.25) is 0 Å². The van der Waals surface area contributed by atoms with Gasteiger partial charge in [-0.15, -0.1) is 0 Å². The van der Waals surface area contributed by atoms with E-state index in [1.54, 1.807) is 36.4 Å². The van der Waals surface area contributed by atoms with Crippen LogP contribution in [0.4, 0.5) is 11.4 Å². The first-order valence-electron chi connectivity index (χ1n) is 8.32. The molecule has 2 aromatic carbocycles. The summed E-state index contributed by atoms with van der Waals surface area (Å²) in [4.78, 5) is 36.7. The summed E-state index contributed by atoms with van der Waals surface area (Å²) in [6.45, 7) is 0.736. The Balaban J connectivity index is 1.72. The highest BCUT2D eigenvalue weighted by molar-refractivity contribution is 5.94. The number of ketones is 1. The Labute approximate surface area is 157 Å². The van der Waals surface area contributed by atoms with Crippen molar-refractivity contribution in [1.29, 1.82) is 0 Å². The molecule has 0 radical (unpaired) electrons. The summed E-state index contributed by atoms with van der Waals surface area (Å²) < 4.78 is 10.1. The van der Waals surface area contributed by atoms with Crippen LogP contribution in [0.3, 0.4) is 0 Å². The molecule has 7 heteroatoms. The van der Waals surface area contributed by atoms with Gasteiger partial charge < -0.3 is 19.7 Å². The van der Waals surface area contributed by atoms with Gasteiger partial charge in [-0.3, -0.25) is 9.59 Å². The number of hydrogen-bond donors (Lipinski definition) is 1. The van der Waals surface area contributed by atoms with Crippen LogP contribution < -0.4 is 15.0 Å². The van der Waals surface area contributed by atoms with Gasteiger partial charge >= 0.3 is 5.97 Å². The summed E-state index contributed by atoms with van der Waals surface area (Å²) in [5.74, 6) is -0.721. The third kappa shape index (κ3) is 6.47. The van der Waals surface area contributed by atoms with Crippen molar-refractivity contribution in [1.82, 2.24) is 0 Å². The van der Waals surface area contributed by atoms with Gasteiger partial charge in [0.25, 0.3) is 5.91 Å². The van der Waals surface area contributed by atoms with Gasteiger partial charge in [-0.05, 0) is 55.5 Å². The molecule has 1 amide bonds. The van der Waals surface area contributed by atoms with Gasteiger partial charge in [0.2, 0.25) is 0 Å². The number of Topliss-reactive ketones (excluding diaryl/α,β-unsaturated/α-hetero) is 1. The first kappa shape index (κ1) is 20.0. The van der Waals surface area contributed by atoms with Crippen molar-refractivity contribution in [2.45, 2.75) is 6.92 Å². The van der Waals surface area contributed by atoms with Crippen molar-refractivity contribution >= 4 is 29.0 Å². The minimum atomic E-state index is -0.663. The lowest BCUT2D eigenvalue weighted by Gasteiger charge is -2.13. The minimum absolute atomic E-state index is 0.0525. The second-order valence-electron chi connectivity index (χ2n) is 6.02. The maximum atomic E-state index is 11.8. The maximum Gasteiger partial charge on any atom is 0.344 e. The van der Waals surface area contributed by atoms with E-state index in [1.807, 2.05) is 31.1 Å². The summed E-state index contributed by atoms with van der Waals surface area (Å²) in [6.07, 6.45) is 0. The van der Waals surface area contributed by atoms with Crippen LogP contribution in [0.25, 0.3) is 0 Å². The van der Waals surface area contributed by atoms with Crippen LogP contribution >= 0.6 is 0 Å². The lowest BCUT2D eigenvalue weighted by molar-refractivity contribution is -0.149. The zero-order valence-electron chi connectivity index (χ0n) is 15.5. The van der Waals surface area contributed by atoms with Crippen LogP contribution in [-0.2, 0) is 14.3 Å². The van der Waals surface area contributed by atoms with E-state index in [0.717, 1.165) is 5.69 Å². The number of nitrogens with one attached hydrogen (secondary N) is 1. The van der Waals surface area contributed by atoms with E-state index in [1.165, 1.54) is 6.92 Å². The van der Waals surface area contributed by atoms with Crippen LogP contribution in [-0.4, -0.2) is 45.0 Å². The predicted octanol–water partition coefficient (Wildman–Crippen LogP) is 2.52. The maximum absolute atomic E-state index is 11.8. The lowest BCUT2D eigenvalue weighted by Crippen LogP contribution is -2.23. The molecule has 2 rings (SSSR count). The molecule has 0 aliphatic carbocycles.